The maximum atomic E-state index is 11.0. The van der Waals surface area contributed by atoms with E-state index in [4.69, 9.17) is 4.74 Å². The van der Waals surface area contributed by atoms with Crippen LogP contribution in [0.5, 0.6) is 0 Å². The third kappa shape index (κ3) is 25.3. The van der Waals surface area contributed by atoms with Crippen LogP contribution in [0.1, 0.15) is 162 Å². The van der Waals surface area contributed by atoms with E-state index in [1.807, 2.05) is 0 Å². The van der Waals surface area contributed by atoms with Gasteiger partial charge in [0.1, 0.15) is 6.10 Å². The van der Waals surface area contributed by atoms with E-state index in [2.05, 4.69) is 13.5 Å². The molecular formula is C29H56O2. The van der Waals surface area contributed by atoms with Crippen LogP contribution in [0.4, 0.5) is 0 Å². The number of rotatable bonds is 25. The molecule has 0 fully saturated rings. The summed E-state index contributed by atoms with van der Waals surface area (Å²) in [6.07, 6.45) is 33.5. The smallest absolute Gasteiger partial charge is 0.303 e. The number of unbranched alkanes of at least 4 members (excludes halogenated alkanes) is 21. The maximum absolute atomic E-state index is 11.0. The molecule has 1 atom stereocenters. The van der Waals surface area contributed by atoms with Gasteiger partial charge >= 0.3 is 5.97 Å². The van der Waals surface area contributed by atoms with Gasteiger partial charge < -0.3 is 4.74 Å². The van der Waals surface area contributed by atoms with Gasteiger partial charge in [-0.1, -0.05) is 154 Å². The summed E-state index contributed by atoms with van der Waals surface area (Å²) in [7, 11) is 0. The summed E-state index contributed by atoms with van der Waals surface area (Å²) in [5.41, 5.74) is 0. The van der Waals surface area contributed by atoms with Crippen molar-refractivity contribution in [1.29, 1.82) is 0 Å². The quantitative estimate of drug-likeness (QED) is 0.0808. The summed E-state index contributed by atoms with van der Waals surface area (Å²) in [6, 6.07) is 0. The molecule has 0 aliphatic heterocycles. The summed E-state index contributed by atoms with van der Waals surface area (Å²) < 4.78 is 5.19. The molecule has 0 amide bonds. The van der Waals surface area contributed by atoms with E-state index in [-0.39, 0.29) is 12.1 Å². The van der Waals surface area contributed by atoms with Crippen LogP contribution in [0.15, 0.2) is 12.7 Å². The van der Waals surface area contributed by atoms with E-state index in [1.54, 1.807) is 6.08 Å². The largest absolute Gasteiger partial charge is 0.458 e. The van der Waals surface area contributed by atoms with E-state index in [0.29, 0.717) is 0 Å². The van der Waals surface area contributed by atoms with Crippen LogP contribution in [0, 0.1) is 0 Å². The standard InChI is InChI=1S/C29H56O2/c1-4-6-7-8-9-10-11-12-13-14-15-16-17-18-19-20-21-22-23-24-25-26-27-29(5-2)31-28(3)30/h5,29H,2,4,6-27H2,1,3H3. The van der Waals surface area contributed by atoms with Gasteiger partial charge in [0.2, 0.25) is 0 Å². The molecule has 0 heterocycles. The lowest BCUT2D eigenvalue weighted by atomic mass is 10.0. The fraction of sp³-hybridized carbons (Fsp3) is 0.897. The van der Waals surface area contributed by atoms with Crippen molar-refractivity contribution in [2.75, 3.05) is 0 Å². The second kappa shape index (κ2) is 25.5. The zero-order valence-corrected chi connectivity index (χ0v) is 21.4. The first-order valence-electron chi connectivity index (χ1n) is 14.0. The number of ether oxygens (including phenoxy) is 1. The van der Waals surface area contributed by atoms with Crippen molar-refractivity contribution >= 4 is 5.97 Å². The minimum absolute atomic E-state index is 0.0948. The fourth-order valence-corrected chi connectivity index (χ4v) is 4.39. The van der Waals surface area contributed by atoms with Crippen LogP contribution in [0.3, 0.4) is 0 Å². The van der Waals surface area contributed by atoms with Crippen molar-refractivity contribution in [3.8, 4) is 0 Å². The van der Waals surface area contributed by atoms with Crippen LogP contribution >= 0.6 is 0 Å². The number of hydrogen-bond donors (Lipinski definition) is 0. The highest BCUT2D eigenvalue weighted by Gasteiger charge is 2.06. The summed E-state index contributed by atoms with van der Waals surface area (Å²) in [6.45, 7) is 7.51. The molecule has 0 aliphatic rings. The summed E-state index contributed by atoms with van der Waals surface area (Å²) >= 11 is 0. The van der Waals surface area contributed by atoms with Crippen LogP contribution in [0.2, 0.25) is 0 Å². The SMILES string of the molecule is C=CC(CCCCCCCCCCCCCCCCCCCCCCCC)OC(C)=O. The molecule has 0 saturated heterocycles. The number of carbonyl (C=O) groups is 1. The van der Waals surface area contributed by atoms with Crippen molar-refractivity contribution in [3.05, 3.63) is 12.7 Å². The molecule has 0 spiro atoms. The van der Waals surface area contributed by atoms with E-state index in [0.717, 1.165) is 12.8 Å². The first kappa shape index (κ1) is 30.2. The van der Waals surface area contributed by atoms with Crippen LogP contribution in [0.25, 0.3) is 0 Å². The second-order valence-electron chi connectivity index (χ2n) is 9.60. The minimum atomic E-state index is -0.205. The van der Waals surface area contributed by atoms with Gasteiger partial charge in [-0.15, -0.1) is 0 Å². The van der Waals surface area contributed by atoms with Crippen LogP contribution < -0.4 is 0 Å². The Kier molecular flexibility index (Phi) is 24.8. The molecular weight excluding hydrogens is 380 g/mol. The van der Waals surface area contributed by atoms with Crippen molar-refractivity contribution in [2.45, 2.75) is 168 Å². The molecule has 0 saturated carbocycles. The lowest BCUT2D eigenvalue weighted by Gasteiger charge is -2.12. The van der Waals surface area contributed by atoms with Gasteiger partial charge in [0, 0.05) is 6.92 Å². The molecule has 0 N–H and O–H groups in total. The first-order chi connectivity index (χ1) is 15.2. The van der Waals surface area contributed by atoms with Crippen molar-refractivity contribution < 1.29 is 9.53 Å². The Morgan fingerprint density at radius 2 is 0.903 bits per heavy atom. The molecule has 2 heteroatoms. The number of esters is 1. The fourth-order valence-electron chi connectivity index (χ4n) is 4.39. The number of hydrogen-bond acceptors (Lipinski definition) is 2. The first-order valence-corrected chi connectivity index (χ1v) is 14.0. The van der Waals surface area contributed by atoms with Gasteiger partial charge in [-0.05, 0) is 12.8 Å². The minimum Gasteiger partial charge on any atom is -0.458 e. The molecule has 1 unspecified atom stereocenters. The van der Waals surface area contributed by atoms with E-state index in [1.165, 1.54) is 142 Å². The van der Waals surface area contributed by atoms with Crippen LogP contribution in [-0.4, -0.2) is 12.1 Å². The predicted octanol–water partition coefficient (Wildman–Crippen LogP) is 10.1. The highest BCUT2D eigenvalue weighted by molar-refractivity contribution is 5.66. The van der Waals surface area contributed by atoms with Gasteiger partial charge in [0.15, 0.2) is 0 Å². The topological polar surface area (TPSA) is 26.3 Å². The molecule has 0 aliphatic carbocycles. The van der Waals surface area contributed by atoms with Gasteiger partial charge in [0.25, 0.3) is 0 Å². The van der Waals surface area contributed by atoms with E-state index in [9.17, 15) is 4.79 Å². The van der Waals surface area contributed by atoms with E-state index < -0.39 is 0 Å². The Hall–Kier alpha value is -0.790. The highest BCUT2D eigenvalue weighted by atomic mass is 16.5. The molecule has 0 aromatic carbocycles. The summed E-state index contributed by atoms with van der Waals surface area (Å²) in [5, 5.41) is 0. The van der Waals surface area contributed by atoms with Crippen molar-refractivity contribution in [2.24, 2.45) is 0 Å². The Balaban J connectivity index is 3.12. The molecule has 2 nitrogen and oxygen atoms in total. The third-order valence-corrected chi connectivity index (χ3v) is 6.42. The van der Waals surface area contributed by atoms with Gasteiger partial charge in [0.05, 0.1) is 0 Å². The van der Waals surface area contributed by atoms with Crippen molar-refractivity contribution in [1.82, 2.24) is 0 Å². The predicted molar refractivity (Wildman–Crippen MR) is 138 cm³/mol. The Labute approximate surface area is 196 Å². The van der Waals surface area contributed by atoms with Gasteiger partial charge in [-0.3, -0.25) is 4.79 Å². The van der Waals surface area contributed by atoms with Crippen molar-refractivity contribution in [3.63, 3.8) is 0 Å². The second-order valence-corrected chi connectivity index (χ2v) is 9.60. The number of carbonyl (C=O) groups excluding carboxylic acids is 1. The Morgan fingerprint density at radius 3 is 1.16 bits per heavy atom. The van der Waals surface area contributed by atoms with Gasteiger partial charge in [-0.2, -0.15) is 0 Å². The molecule has 0 aromatic rings. The third-order valence-electron chi connectivity index (χ3n) is 6.42. The lowest BCUT2D eigenvalue weighted by molar-refractivity contribution is -0.144. The van der Waals surface area contributed by atoms with Crippen LogP contribution in [-0.2, 0) is 9.53 Å². The summed E-state index contributed by atoms with van der Waals surface area (Å²) in [4.78, 5) is 11.0. The normalized spacial score (nSPS) is 12.1. The Bertz CT molecular complexity index is 377. The van der Waals surface area contributed by atoms with Gasteiger partial charge in [-0.25, -0.2) is 0 Å². The zero-order chi connectivity index (χ0) is 22.8. The monoisotopic (exact) mass is 436 g/mol. The molecule has 0 bridgehead atoms. The molecule has 31 heavy (non-hydrogen) atoms. The zero-order valence-electron chi connectivity index (χ0n) is 21.4. The highest BCUT2D eigenvalue weighted by Crippen LogP contribution is 2.16. The Morgan fingerprint density at radius 1 is 0.613 bits per heavy atom. The lowest BCUT2D eigenvalue weighted by Crippen LogP contribution is -2.13. The molecule has 0 aromatic heterocycles. The average molecular weight is 437 g/mol. The van der Waals surface area contributed by atoms with E-state index >= 15 is 0 Å². The molecule has 0 radical (unpaired) electrons. The maximum Gasteiger partial charge on any atom is 0.303 e. The summed E-state index contributed by atoms with van der Waals surface area (Å²) in [5.74, 6) is -0.205. The average Bonchev–Trinajstić information content (AvgIpc) is 2.76. The molecule has 184 valence electrons. The molecule has 0 rings (SSSR count).